The van der Waals surface area contributed by atoms with Crippen molar-refractivity contribution in [2.24, 2.45) is 11.7 Å². The zero-order valence-corrected chi connectivity index (χ0v) is 25.5. The Labute approximate surface area is 244 Å². The number of nitrogens with zero attached hydrogens (tertiary/aromatic N) is 2. The smallest absolute Gasteiger partial charge is 0.253 e. The molecule has 2 rings (SSSR count). The molecule has 0 aliphatic rings. The summed E-state index contributed by atoms with van der Waals surface area (Å²) in [5.74, 6) is -1.56. The minimum atomic E-state index is -1.12. The molecule has 228 valence electrons. The lowest BCUT2D eigenvalue weighted by Crippen LogP contribution is -2.48. The van der Waals surface area contributed by atoms with Gasteiger partial charge in [-0.1, -0.05) is 47.0 Å². The maximum absolute atomic E-state index is 14.0. The van der Waals surface area contributed by atoms with Gasteiger partial charge in [-0.2, -0.15) is 0 Å². The summed E-state index contributed by atoms with van der Waals surface area (Å²) >= 11 is 0. The summed E-state index contributed by atoms with van der Waals surface area (Å²) in [7, 11) is 0. The molecule has 1 unspecified atom stereocenters. The lowest BCUT2D eigenvalue weighted by atomic mass is 9.96. The molecule has 2 aromatic rings. The van der Waals surface area contributed by atoms with Crippen LogP contribution in [0.3, 0.4) is 0 Å². The van der Waals surface area contributed by atoms with E-state index in [1.807, 2.05) is 25.7 Å². The first kappa shape index (κ1) is 34.4. The van der Waals surface area contributed by atoms with Crippen LogP contribution < -0.4 is 5.73 Å². The van der Waals surface area contributed by atoms with Crippen molar-refractivity contribution in [2.45, 2.75) is 91.7 Å². The molecule has 2 amide bonds. The monoisotopic (exact) mass is 573 g/mol. The summed E-state index contributed by atoms with van der Waals surface area (Å²) in [5.41, 5.74) is 8.28. The standard InChI is InChI=1S/C33H49F2N3O3/c1-6-10-11-24(9-4)21-38(22-31(39)30(36)18-25-16-28(34)20-29(35)17-25)33(41)27-15-23(5)14-26(19-27)32(40)37(12-7-2)13-8-3/h14-17,19-20,24,30-31,39H,6-13,18,21-22,36H2,1-5H3/t24?,30-,31+/m0/s1. The van der Waals surface area contributed by atoms with Crippen LogP contribution in [0.25, 0.3) is 0 Å². The van der Waals surface area contributed by atoms with Crippen molar-refractivity contribution < 1.29 is 23.5 Å². The third kappa shape index (κ3) is 10.8. The minimum absolute atomic E-state index is 0.0323. The SMILES string of the molecule is CCCCC(CC)CN(C[C@@H](O)[C@@H](N)Cc1cc(F)cc(F)c1)C(=O)c1cc(C)cc(C(=O)N(CCC)CCC)c1. The highest BCUT2D eigenvalue weighted by Crippen LogP contribution is 2.20. The van der Waals surface area contributed by atoms with Gasteiger partial charge in [0.2, 0.25) is 0 Å². The minimum Gasteiger partial charge on any atom is -0.390 e. The van der Waals surface area contributed by atoms with Crippen molar-refractivity contribution >= 4 is 11.8 Å². The molecule has 0 fully saturated rings. The fourth-order valence-corrected chi connectivity index (χ4v) is 5.22. The Morgan fingerprint density at radius 3 is 1.90 bits per heavy atom. The zero-order chi connectivity index (χ0) is 30.5. The quantitative estimate of drug-likeness (QED) is 0.239. The van der Waals surface area contributed by atoms with Crippen molar-refractivity contribution in [1.82, 2.24) is 9.80 Å². The number of nitrogens with two attached hydrogens (primary N) is 1. The molecule has 3 atom stereocenters. The van der Waals surface area contributed by atoms with Gasteiger partial charge in [0.05, 0.1) is 6.10 Å². The normalized spacial score (nSPS) is 13.5. The van der Waals surface area contributed by atoms with Crippen LogP contribution in [-0.2, 0) is 6.42 Å². The maximum atomic E-state index is 14.0. The van der Waals surface area contributed by atoms with E-state index in [0.717, 1.165) is 50.2 Å². The molecule has 0 aliphatic heterocycles. The van der Waals surface area contributed by atoms with Gasteiger partial charge in [0.1, 0.15) is 11.6 Å². The molecule has 0 aromatic heterocycles. The Kier molecular flexibility index (Phi) is 14.4. The van der Waals surface area contributed by atoms with E-state index in [9.17, 15) is 23.5 Å². The molecule has 8 heteroatoms. The number of carbonyl (C=O) groups excluding carboxylic acids is 2. The van der Waals surface area contributed by atoms with Gasteiger partial charge in [-0.3, -0.25) is 9.59 Å². The van der Waals surface area contributed by atoms with Crippen molar-refractivity contribution in [3.8, 4) is 0 Å². The lowest BCUT2D eigenvalue weighted by Gasteiger charge is -2.31. The second-order valence-electron chi connectivity index (χ2n) is 11.2. The highest BCUT2D eigenvalue weighted by atomic mass is 19.1. The van der Waals surface area contributed by atoms with E-state index in [-0.39, 0.29) is 30.7 Å². The molecule has 6 nitrogen and oxygen atoms in total. The number of benzene rings is 2. The molecule has 41 heavy (non-hydrogen) atoms. The van der Waals surface area contributed by atoms with E-state index in [4.69, 9.17) is 5.73 Å². The third-order valence-electron chi connectivity index (χ3n) is 7.45. The molecular formula is C33H49F2N3O3. The van der Waals surface area contributed by atoms with Gasteiger partial charge >= 0.3 is 0 Å². The van der Waals surface area contributed by atoms with Gasteiger partial charge in [0.25, 0.3) is 11.8 Å². The van der Waals surface area contributed by atoms with Crippen LogP contribution in [0.1, 0.15) is 98.1 Å². The van der Waals surface area contributed by atoms with Crippen LogP contribution in [0.4, 0.5) is 8.78 Å². The van der Waals surface area contributed by atoms with Crippen LogP contribution in [0, 0.1) is 24.5 Å². The van der Waals surface area contributed by atoms with E-state index in [1.54, 1.807) is 23.1 Å². The number of aliphatic hydroxyl groups is 1. The summed E-state index contributed by atoms with van der Waals surface area (Å²) in [4.78, 5) is 30.8. The number of halogens is 2. The zero-order valence-electron chi connectivity index (χ0n) is 25.5. The average molecular weight is 574 g/mol. The van der Waals surface area contributed by atoms with Gasteiger partial charge in [-0.25, -0.2) is 8.78 Å². The first-order valence-electron chi connectivity index (χ1n) is 15.1. The second kappa shape index (κ2) is 17.2. The third-order valence-corrected chi connectivity index (χ3v) is 7.45. The Hall–Kier alpha value is -2.84. The summed E-state index contributed by atoms with van der Waals surface area (Å²) in [5, 5.41) is 11.1. The van der Waals surface area contributed by atoms with E-state index >= 15 is 0 Å². The molecule has 0 aliphatic carbocycles. The van der Waals surface area contributed by atoms with E-state index in [2.05, 4.69) is 13.8 Å². The fourth-order valence-electron chi connectivity index (χ4n) is 5.22. The number of aliphatic hydroxyl groups excluding tert-OH is 1. The first-order valence-corrected chi connectivity index (χ1v) is 15.1. The topological polar surface area (TPSA) is 86.9 Å². The van der Waals surface area contributed by atoms with Gasteiger partial charge in [0.15, 0.2) is 0 Å². The Morgan fingerprint density at radius 1 is 0.829 bits per heavy atom. The molecule has 0 bridgehead atoms. The van der Waals surface area contributed by atoms with Crippen molar-refractivity contribution in [3.63, 3.8) is 0 Å². The molecule has 0 saturated heterocycles. The van der Waals surface area contributed by atoms with Gasteiger partial charge in [-0.15, -0.1) is 0 Å². The average Bonchev–Trinajstić information content (AvgIpc) is 2.92. The van der Waals surface area contributed by atoms with Crippen LogP contribution in [-0.4, -0.2) is 65.0 Å². The molecule has 0 heterocycles. The molecule has 0 saturated carbocycles. The summed E-state index contributed by atoms with van der Waals surface area (Å²) in [6.45, 7) is 11.8. The largest absolute Gasteiger partial charge is 0.390 e. The van der Waals surface area contributed by atoms with E-state index < -0.39 is 23.8 Å². The predicted octanol–water partition coefficient (Wildman–Crippen LogP) is 6.12. The highest BCUT2D eigenvalue weighted by Gasteiger charge is 2.27. The van der Waals surface area contributed by atoms with Gasteiger partial charge in [-0.05, 0) is 80.0 Å². The van der Waals surface area contributed by atoms with E-state index in [0.29, 0.717) is 36.3 Å². The van der Waals surface area contributed by atoms with Crippen molar-refractivity contribution in [3.05, 3.63) is 70.3 Å². The molecule has 0 radical (unpaired) electrons. The maximum Gasteiger partial charge on any atom is 0.253 e. The number of aryl methyl sites for hydroxylation is 1. The van der Waals surface area contributed by atoms with Crippen LogP contribution in [0.2, 0.25) is 0 Å². The van der Waals surface area contributed by atoms with Crippen LogP contribution >= 0.6 is 0 Å². The van der Waals surface area contributed by atoms with Gasteiger partial charge in [0, 0.05) is 49.4 Å². The fraction of sp³-hybridized carbons (Fsp3) is 0.576. The van der Waals surface area contributed by atoms with Crippen LogP contribution in [0.15, 0.2) is 36.4 Å². The highest BCUT2D eigenvalue weighted by molar-refractivity contribution is 6.00. The van der Waals surface area contributed by atoms with Crippen LogP contribution in [0.5, 0.6) is 0 Å². The summed E-state index contributed by atoms with van der Waals surface area (Å²) < 4.78 is 27.4. The summed E-state index contributed by atoms with van der Waals surface area (Å²) in [6.07, 6.45) is 4.50. The molecular weight excluding hydrogens is 524 g/mol. The molecule has 0 spiro atoms. The number of hydrogen-bond donors (Lipinski definition) is 2. The summed E-state index contributed by atoms with van der Waals surface area (Å²) in [6, 6.07) is 7.57. The Morgan fingerprint density at radius 2 is 1.39 bits per heavy atom. The predicted molar refractivity (Wildman–Crippen MR) is 161 cm³/mol. The van der Waals surface area contributed by atoms with Crippen molar-refractivity contribution in [2.75, 3.05) is 26.2 Å². The van der Waals surface area contributed by atoms with E-state index in [1.165, 1.54) is 12.1 Å². The molecule has 2 aromatic carbocycles. The molecule has 3 N–H and O–H groups in total. The second-order valence-corrected chi connectivity index (χ2v) is 11.2. The number of unbranched alkanes of at least 4 members (excludes halogenated alkanes) is 1. The number of amides is 2. The number of carbonyl (C=O) groups is 2. The number of rotatable bonds is 17. The first-order chi connectivity index (χ1) is 19.5. The lowest BCUT2D eigenvalue weighted by molar-refractivity contribution is 0.0526. The Bertz CT molecular complexity index is 1100. The van der Waals surface area contributed by atoms with Crippen molar-refractivity contribution in [1.29, 1.82) is 0 Å². The number of hydrogen-bond acceptors (Lipinski definition) is 4. The Balaban J connectivity index is 2.35. The van der Waals surface area contributed by atoms with Gasteiger partial charge < -0.3 is 20.6 Å².